The fourth-order valence-electron chi connectivity index (χ4n) is 1.23. The number of rotatable bonds is 2. The lowest BCUT2D eigenvalue weighted by Gasteiger charge is -2.07. The second kappa shape index (κ2) is 4.73. The molecule has 1 nitrogen and oxygen atoms in total. The van der Waals surface area contributed by atoms with Gasteiger partial charge in [0.25, 0.3) is 0 Å². The summed E-state index contributed by atoms with van der Waals surface area (Å²) < 4.78 is 2.39. The van der Waals surface area contributed by atoms with Gasteiger partial charge >= 0.3 is 0 Å². The maximum absolute atomic E-state index is 6.09. The third-order valence-electron chi connectivity index (χ3n) is 1.96. The molecule has 0 bridgehead atoms. The minimum atomic E-state index is -0.205. The van der Waals surface area contributed by atoms with Crippen molar-refractivity contribution in [3.05, 3.63) is 41.1 Å². The van der Waals surface area contributed by atoms with E-state index in [9.17, 15) is 0 Å². The molecular formula is C9H6BrCl2NS2. The normalized spacial score (nSPS) is 13.1. The summed E-state index contributed by atoms with van der Waals surface area (Å²) in [6, 6.07) is 3.62. The summed E-state index contributed by atoms with van der Waals surface area (Å²) in [6.45, 7) is 0. The van der Waals surface area contributed by atoms with Crippen LogP contribution in [0.1, 0.15) is 17.2 Å². The molecule has 2 N–H and O–H groups in total. The van der Waals surface area contributed by atoms with E-state index in [1.807, 2.05) is 17.5 Å². The largest absolute Gasteiger partial charge is 0.320 e. The van der Waals surface area contributed by atoms with E-state index < -0.39 is 0 Å². The van der Waals surface area contributed by atoms with Crippen LogP contribution in [0.25, 0.3) is 0 Å². The molecule has 2 heterocycles. The Morgan fingerprint density at radius 1 is 1.33 bits per heavy atom. The summed E-state index contributed by atoms with van der Waals surface area (Å²) in [5.74, 6) is 0. The van der Waals surface area contributed by atoms with Crippen LogP contribution in [-0.4, -0.2) is 0 Å². The quantitative estimate of drug-likeness (QED) is 0.822. The summed E-state index contributed by atoms with van der Waals surface area (Å²) in [6.07, 6.45) is 0. The van der Waals surface area contributed by atoms with E-state index in [4.69, 9.17) is 28.9 Å². The molecule has 0 spiro atoms. The number of halogens is 3. The average molecular weight is 343 g/mol. The Kier molecular flexibility index (Phi) is 3.75. The van der Waals surface area contributed by atoms with Crippen molar-refractivity contribution in [2.75, 3.05) is 0 Å². The van der Waals surface area contributed by atoms with Crippen LogP contribution in [-0.2, 0) is 0 Å². The zero-order chi connectivity index (χ0) is 11.0. The van der Waals surface area contributed by atoms with Crippen molar-refractivity contribution in [3.8, 4) is 0 Å². The number of hydrogen-bond acceptors (Lipinski definition) is 3. The monoisotopic (exact) mass is 341 g/mol. The smallest absolute Gasteiger partial charge is 0.0995 e. The molecule has 0 saturated heterocycles. The van der Waals surface area contributed by atoms with E-state index in [1.54, 1.807) is 11.3 Å². The van der Waals surface area contributed by atoms with E-state index in [1.165, 1.54) is 11.3 Å². The Morgan fingerprint density at radius 3 is 2.53 bits per heavy atom. The van der Waals surface area contributed by atoms with Crippen LogP contribution in [0.4, 0.5) is 0 Å². The predicted molar refractivity (Wildman–Crippen MR) is 72.4 cm³/mol. The zero-order valence-electron chi connectivity index (χ0n) is 7.34. The summed E-state index contributed by atoms with van der Waals surface area (Å²) in [5, 5.41) is 2.01. The summed E-state index contributed by atoms with van der Waals surface area (Å²) >= 11 is 18.3. The van der Waals surface area contributed by atoms with Crippen molar-refractivity contribution in [1.82, 2.24) is 0 Å². The molecule has 2 rings (SSSR count). The number of nitrogens with two attached hydrogens (primary N) is 1. The summed E-state index contributed by atoms with van der Waals surface area (Å²) in [7, 11) is 0. The highest BCUT2D eigenvalue weighted by atomic mass is 79.9. The predicted octanol–water partition coefficient (Wildman–Crippen LogP) is 4.93. The first-order chi connectivity index (χ1) is 7.08. The lowest BCUT2D eigenvalue weighted by molar-refractivity contribution is 0.882. The first-order valence-corrected chi connectivity index (χ1v) is 7.26. The first-order valence-electron chi connectivity index (χ1n) is 4.02. The minimum Gasteiger partial charge on any atom is -0.320 e. The van der Waals surface area contributed by atoms with Crippen molar-refractivity contribution in [3.63, 3.8) is 0 Å². The molecule has 6 heteroatoms. The van der Waals surface area contributed by atoms with Crippen molar-refractivity contribution in [1.29, 1.82) is 0 Å². The third-order valence-corrected chi connectivity index (χ3v) is 5.01. The maximum atomic E-state index is 6.09. The van der Waals surface area contributed by atoms with Crippen molar-refractivity contribution >= 4 is 61.8 Å². The first kappa shape index (κ1) is 11.9. The topological polar surface area (TPSA) is 26.0 Å². The Labute approximate surface area is 114 Å². The highest BCUT2D eigenvalue weighted by Gasteiger charge is 2.16. The zero-order valence-corrected chi connectivity index (χ0v) is 12.1. The van der Waals surface area contributed by atoms with Crippen LogP contribution in [0.3, 0.4) is 0 Å². The van der Waals surface area contributed by atoms with Gasteiger partial charge in [-0.25, -0.2) is 0 Å². The van der Waals surface area contributed by atoms with E-state index in [2.05, 4.69) is 15.9 Å². The third kappa shape index (κ3) is 2.57. The molecule has 0 fully saturated rings. The van der Waals surface area contributed by atoms with Gasteiger partial charge in [0.1, 0.15) is 0 Å². The number of thiophene rings is 2. The SMILES string of the molecule is NC(c1csc(Br)c1)c1cc(Cl)sc1Cl. The molecule has 0 aliphatic heterocycles. The van der Waals surface area contributed by atoms with Gasteiger partial charge in [0, 0.05) is 5.56 Å². The van der Waals surface area contributed by atoms with Gasteiger partial charge in [-0.15, -0.1) is 22.7 Å². The molecule has 1 atom stereocenters. The van der Waals surface area contributed by atoms with Gasteiger partial charge < -0.3 is 5.73 Å². The molecule has 15 heavy (non-hydrogen) atoms. The molecule has 1 unspecified atom stereocenters. The molecule has 0 saturated carbocycles. The van der Waals surface area contributed by atoms with E-state index in [0.717, 1.165) is 14.9 Å². The lowest BCUT2D eigenvalue weighted by Crippen LogP contribution is -2.10. The molecule has 2 aromatic heterocycles. The second-order valence-corrected chi connectivity index (χ2v) is 7.52. The van der Waals surface area contributed by atoms with Gasteiger partial charge in [-0.05, 0) is 39.0 Å². The maximum Gasteiger partial charge on any atom is 0.0995 e. The Morgan fingerprint density at radius 2 is 2.07 bits per heavy atom. The highest BCUT2D eigenvalue weighted by Crippen LogP contribution is 2.37. The highest BCUT2D eigenvalue weighted by molar-refractivity contribution is 9.11. The second-order valence-electron chi connectivity index (χ2n) is 2.94. The molecule has 2 aromatic rings. The van der Waals surface area contributed by atoms with E-state index in [0.29, 0.717) is 8.67 Å². The molecule has 0 amide bonds. The van der Waals surface area contributed by atoms with Gasteiger partial charge in [0.2, 0.25) is 0 Å². The van der Waals surface area contributed by atoms with Gasteiger partial charge in [0.15, 0.2) is 0 Å². The Hall–Kier alpha value is 0.420. The molecule has 0 aromatic carbocycles. The Balaban J connectivity index is 2.35. The van der Waals surface area contributed by atoms with Crippen LogP contribution in [0.5, 0.6) is 0 Å². The summed E-state index contributed by atoms with van der Waals surface area (Å²) in [5.41, 5.74) is 8.02. The van der Waals surface area contributed by atoms with E-state index >= 15 is 0 Å². The molecule has 0 aliphatic carbocycles. The van der Waals surface area contributed by atoms with Gasteiger partial charge in [-0.2, -0.15) is 0 Å². The molecular weight excluding hydrogens is 337 g/mol. The van der Waals surface area contributed by atoms with Crippen LogP contribution in [0.2, 0.25) is 8.67 Å². The van der Waals surface area contributed by atoms with Crippen LogP contribution in [0.15, 0.2) is 21.3 Å². The number of hydrogen-bond donors (Lipinski definition) is 1. The van der Waals surface area contributed by atoms with E-state index in [-0.39, 0.29) is 6.04 Å². The van der Waals surface area contributed by atoms with Crippen molar-refractivity contribution < 1.29 is 0 Å². The van der Waals surface area contributed by atoms with Crippen molar-refractivity contribution in [2.45, 2.75) is 6.04 Å². The lowest BCUT2D eigenvalue weighted by atomic mass is 10.1. The molecule has 0 aliphatic rings. The minimum absolute atomic E-state index is 0.205. The fraction of sp³-hybridized carbons (Fsp3) is 0.111. The molecule has 80 valence electrons. The van der Waals surface area contributed by atoms with Gasteiger partial charge in [-0.1, -0.05) is 23.2 Å². The van der Waals surface area contributed by atoms with Crippen LogP contribution >= 0.6 is 61.8 Å². The van der Waals surface area contributed by atoms with Crippen molar-refractivity contribution in [2.24, 2.45) is 5.73 Å². The van der Waals surface area contributed by atoms with Crippen LogP contribution < -0.4 is 5.73 Å². The average Bonchev–Trinajstić information content (AvgIpc) is 2.71. The van der Waals surface area contributed by atoms with Crippen LogP contribution in [0, 0.1) is 0 Å². The fourth-order valence-corrected chi connectivity index (χ4v) is 3.99. The van der Waals surface area contributed by atoms with Gasteiger partial charge in [-0.3, -0.25) is 0 Å². The molecule has 0 radical (unpaired) electrons. The Bertz CT molecular complexity index is 480. The summed E-state index contributed by atoms with van der Waals surface area (Å²) in [4.78, 5) is 0. The van der Waals surface area contributed by atoms with Gasteiger partial charge in [0.05, 0.1) is 18.5 Å². The standard InChI is InChI=1S/C9H6BrCl2NS2/c10-6-1-4(3-14-6)8(13)5-2-7(11)15-9(5)12/h1-3,8H,13H2.